The highest BCUT2D eigenvalue weighted by molar-refractivity contribution is 4.81. The van der Waals surface area contributed by atoms with Gasteiger partial charge in [0.2, 0.25) is 0 Å². The van der Waals surface area contributed by atoms with Gasteiger partial charge < -0.3 is 10.2 Å². The fourth-order valence-electron chi connectivity index (χ4n) is 3.48. The average Bonchev–Trinajstić information content (AvgIpc) is 2.73. The monoisotopic (exact) mass is 226 g/mol. The molecule has 2 fully saturated rings. The van der Waals surface area contributed by atoms with Gasteiger partial charge in [0.15, 0.2) is 0 Å². The van der Waals surface area contributed by atoms with E-state index in [0.29, 0.717) is 11.8 Å². The molecule has 0 heterocycles. The quantitative estimate of drug-likeness (QED) is 0.726. The van der Waals surface area contributed by atoms with Gasteiger partial charge in [0.05, 0.1) is 12.2 Å². The van der Waals surface area contributed by atoms with Gasteiger partial charge in [-0.1, -0.05) is 32.1 Å². The van der Waals surface area contributed by atoms with Crippen LogP contribution < -0.4 is 0 Å². The average molecular weight is 226 g/mol. The second kappa shape index (κ2) is 6.02. The molecule has 0 aromatic rings. The Bertz CT molecular complexity index is 199. The summed E-state index contributed by atoms with van der Waals surface area (Å²) in [6, 6.07) is 0. The lowest BCUT2D eigenvalue weighted by Gasteiger charge is -2.26. The summed E-state index contributed by atoms with van der Waals surface area (Å²) >= 11 is 0. The topological polar surface area (TPSA) is 40.5 Å². The fraction of sp³-hybridized carbons (Fsp3) is 1.00. The second-order valence-corrected chi connectivity index (χ2v) is 5.81. The molecule has 94 valence electrons. The first-order valence-electron chi connectivity index (χ1n) is 7.13. The molecule has 3 unspecified atom stereocenters. The van der Waals surface area contributed by atoms with Crippen molar-refractivity contribution >= 4 is 0 Å². The predicted octanol–water partition coefficient (Wildman–Crippen LogP) is 2.87. The van der Waals surface area contributed by atoms with Crippen molar-refractivity contribution in [2.24, 2.45) is 11.8 Å². The first-order valence-corrected chi connectivity index (χ1v) is 7.13. The minimum Gasteiger partial charge on any atom is -0.393 e. The van der Waals surface area contributed by atoms with Crippen LogP contribution in [0, 0.1) is 11.8 Å². The lowest BCUT2D eigenvalue weighted by molar-refractivity contribution is 0.0333. The SMILES string of the molecule is OC(CC1CCCCCC1O)C1CCCC1. The number of rotatable bonds is 3. The van der Waals surface area contributed by atoms with E-state index in [1.807, 2.05) is 0 Å². The van der Waals surface area contributed by atoms with Crippen molar-refractivity contribution in [1.82, 2.24) is 0 Å². The van der Waals surface area contributed by atoms with Gasteiger partial charge in [-0.15, -0.1) is 0 Å². The molecule has 16 heavy (non-hydrogen) atoms. The summed E-state index contributed by atoms with van der Waals surface area (Å²) in [7, 11) is 0. The Morgan fingerprint density at radius 2 is 1.50 bits per heavy atom. The summed E-state index contributed by atoms with van der Waals surface area (Å²) in [6.07, 6.45) is 11.2. The van der Waals surface area contributed by atoms with Crippen molar-refractivity contribution in [3.05, 3.63) is 0 Å². The minimum absolute atomic E-state index is 0.153. The van der Waals surface area contributed by atoms with Crippen molar-refractivity contribution in [1.29, 1.82) is 0 Å². The fourth-order valence-corrected chi connectivity index (χ4v) is 3.48. The highest BCUT2D eigenvalue weighted by Gasteiger charge is 2.29. The van der Waals surface area contributed by atoms with Gasteiger partial charge in [0, 0.05) is 0 Å². The Morgan fingerprint density at radius 1 is 0.875 bits per heavy atom. The van der Waals surface area contributed by atoms with Crippen LogP contribution in [0.2, 0.25) is 0 Å². The zero-order valence-corrected chi connectivity index (χ0v) is 10.3. The van der Waals surface area contributed by atoms with Crippen LogP contribution in [0.1, 0.15) is 64.2 Å². The van der Waals surface area contributed by atoms with Crippen LogP contribution in [-0.4, -0.2) is 22.4 Å². The summed E-state index contributed by atoms with van der Waals surface area (Å²) in [4.78, 5) is 0. The van der Waals surface area contributed by atoms with E-state index in [9.17, 15) is 10.2 Å². The molecule has 2 rings (SSSR count). The van der Waals surface area contributed by atoms with Crippen LogP contribution in [0.15, 0.2) is 0 Å². The number of aliphatic hydroxyl groups is 2. The molecular formula is C14H26O2. The molecular weight excluding hydrogens is 200 g/mol. The molecule has 2 nitrogen and oxygen atoms in total. The molecule has 0 aromatic heterocycles. The summed E-state index contributed by atoms with van der Waals surface area (Å²) < 4.78 is 0. The molecule has 0 spiro atoms. The normalized spacial score (nSPS) is 34.9. The maximum atomic E-state index is 10.2. The van der Waals surface area contributed by atoms with Crippen molar-refractivity contribution in [3.8, 4) is 0 Å². The maximum absolute atomic E-state index is 10.2. The Balaban J connectivity index is 1.81. The van der Waals surface area contributed by atoms with Crippen LogP contribution in [0.4, 0.5) is 0 Å². The van der Waals surface area contributed by atoms with Crippen molar-refractivity contribution in [2.45, 2.75) is 76.4 Å². The standard InChI is InChI=1S/C14H26O2/c15-13-9-3-1-2-8-12(13)10-14(16)11-6-4-5-7-11/h11-16H,1-10H2. The molecule has 0 bridgehead atoms. The molecule has 2 aliphatic rings. The summed E-state index contributed by atoms with van der Waals surface area (Å²) in [6.45, 7) is 0. The van der Waals surface area contributed by atoms with Crippen molar-refractivity contribution in [2.75, 3.05) is 0 Å². The lowest BCUT2D eigenvalue weighted by Crippen LogP contribution is -2.27. The minimum atomic E-state index is -0.154. The van der Waals surface area contributed by atoms with Gasteiger partial charge >= 0.3 is 0 Å². The first kappa shape index (κ1) is 12.4. The van der Waals surface area contributed by atoms with Gasteiger partial charge in [0.25, 0.3) is 0 Å². The molecule has 0 aliphatic heterocycles. The summed E-state index contributed by atoms with van der Waals surface area (Å²) in [5.41, 5.74) is 0. The Morgan fingerprint density at radius 3 is 2.25 bits per heavy atom. The number of hydrogen-bond acceptors (Lipinski definition) is 2. The van der Waals surface area contributed by atoms with E-state index >= 15 is 0 Å². The molecule has 0 saturated heterocycles. The molecule has 3 atom stereocenters. The molecule has 2 N–H and O–H groups in total. The zero-order valence-electron chi connectivity index (χ0n) is 10.3. The van der Waals surface area contributed by atoms with Crippen molar-refractivity contribution < 1.29 is 10.2 Å². The molecule has 0 aromatic carbocycles. The third kappa shape index (κ3) is 3.21. The largest absolute Gasteiger partial charge is 0.393 e. The van der Waals surface area contributed by atoms with E-state index in [1.165, 1.54) is 38.5 Å². The van der Waals surface area contributed by atoms with Gasteiger partial charge in [-0.2, -0.15) is 0 Å². The molecule has 2 saturated carbocycles. The van der Waals surface area contributed by atoms with Crippen molar-refractivity contribution in [3.63, 3.8) is 0 Å². The second-order valence-electron chi connectivity index (χ2n) is 5.81. The van der Waals surface area contributed by atoms with E-state index in [1.54, 1.807) is 0 Å². The number of hydrogen-bond donors (Lipinski definition) is 2. The van der Waals surface area contributed by atoms with Crippen LogP contribution in [0.5, 0.6) is 0 Å². The van der Waals surface area contributed by atoms with E-state index in [2.05, 4.69) is 0 Å². The maximum Gasteiger partial charge on any atom is 0.0572 e. The first-order chi connectivity index (χ1) is 7.77. The highest BCUT2D eigenvalue weighted by atomic mass is 16.3. The van der Waals surface area contributed by atoms with E-state index in [-0.39, 0.29) is 12.2 Å². The third-order valence-corrected chi connectivity index (χ3v) is 4.61. The van der Waals surface area contributed by atoms with Crippen LogP contribution in [0.3, 0.4) is 0 Å². The van der Waals surface area contributed by atoms with Crippen LogP contribution >= 0.6 is 0 Å². The molecule has 0 radical (unpaired) electrons. The van der Waals surface area contributed by atoms with Gasteiger partial charge in [-0.3, -0.25) is 0 Å². The smallest absolute Gasteiger partial charge is 0.0572 e. The van der Waals surface area contributed by atoms with E-state index in [0.717, 1.165) is 25.7 Å². The van der Waals surface area contributed by atoms with E-state index < -0.39 is 0 Å². The molecule has 0 amide bonds. The van der Waals surface area contributed by atoms with Gasteiger partial charge in [-0.25, -0.2) is 0 Å². The molecule has 2 heteroatoms. The van der Waals surface area contributed by atoms with Gasteiger partial charge in [-0.05, 0) is 43.9 Å². The van der Waals surface area contributed by atoms with E-state index in [4.69, 9.17) is 0 Å². The third-order valence-electron chi connectivity index (χ3n) is 4.61. The predicted molar refractivity (Wildman–Crippen MR) is 65.2 cm³/mol. The Labute approximate surface area is 99.1 Å². The number of aliphatic hydroxyl groups excluding tert-OH is 2. The van der Waals surface area contributed by atoms with Crippen LogP contribution in [0.25, 0.3) is 0 Å². The van der Waals surface area contributed by atoms with Gasteiger partial charge in [0.1, 0.15) is 0 Å². The highest BCUT2D eigenvalue weighted by Crippen LogP contribution is 2.33. The summed E-state index contributed by atoms with van der Waals surface area (Å²) in [5, 5.41) is 20.2. The Kier molecular flexibility index (Phi) is 4.66. The zero-order chi connectivity index (χ0) is 11.4. The van der Waals surface area contributed by atoms with Crippen LogP contribution in [-0.2, 0) is 0 Å². The Hall–Kier alpha value is -0.0800. The summed E-state index contributed by atoms with van der Waals surface area (Å²) in [5.74, 6) is 0.883. The molecule has 2 aliphatic carbocycles. The lowest BCUT2D eigenvalue weighted by atomic mass is 9.86.